The topological polar surface area (TPSA) is 88.4 Å². The molecule has 1 N–H and O–H groups in total. The lowest BCUT2D eigenvalue weighted by Crippen LogP contribution is -2.16. The Morgan fingerprint density at radius 1 is 1.09 bits per heavy atom. The van der Waals surface area contributed by atoms with Gasteiger partial charge in [-0.25, -0.2) is 4.79 Å². The van der Waals surface area contributed by atoms with Crippen molar-refractivity contribution in [3.8, 4) is 22.9 Å². The van der Waals surface area contributed by atoms with Gasteiger partial charge in [-0.2, -0.15) is 5.26 Å². The van der Waals surface area contributed by atoms with E-state index < -0.39 is 11.9 Å². The van der Waals surface area contributed by atoms with Crippen molar-refractivity contribution in [3.05, 3.63) is 76.7 Å². The van der Waals surface area contributed by atoms with E-state index >= 15 is 0 Å². The zero-order chi connectivity index (χ0) is 24.3. The molecule has 34 heavy (non-hydrogen) atoms. The van der Waals surface area contributed by atoms with Crippen molar-refractivity contribution in [2.24, 2.45) is 0 Å². The number of amides is 1. The summed E-state index contributed by atoms with van der Waals surface area (Å²) in [6.07, 6.45) is 3.53. The minimum absolute atomic E-state index is 0.0795. The van der Waals surface area contributed by atoms with Gasteiger partial charge < -0.3 is 14.8 Å². The van der Waals surface area contributed by atoms with E-state index in [0.717, 1.165) is 24.2 Å². The van der Waals surface area contributed by atoms with Crippen LogP contribution in [0.15, 0.2) is 65.6 Å². The highest BCUT2D eigenvalue weighted by atomic mass is 32.1. The molecule has 2 aromatic carbocycles. The fourth-order valence-corrected chi connectivity index (χ4v) is 4.12. The van der Waals surface area contributed by atoms with E-state index in [-0.39, 0.29) is 17.7 Å². The number of rotatable bonds is 10. The molecule has 3 rings (SSSR count). The van der Waals surface area contributed by atoms with Crippen LogP contribution in [-0.2, 0) is 9.53 Å². The fraction of sp³-hybridized carbons (Fsp3) is 0.222. The van der Waals surface area contributed by atoms with Crippen LogP contribution in [0.4, 0.5) is 5.00 Å². The van der Waals surface area contributed by atoms with Crippen LogP contribution >= 0.6 is 11.3 Å². The number of esters is 1. The summed E-state index contributed by atoms with van der Waals surface area (Å²) >= 11 is 1.21. The molecule has 1 heterocycles. The first-order valence-electron chi connectivity index (χ1n) is 11.1. The standard InChI is InChI=1S/C27H26N2O4S/c1-3-5-15-33-22-13-11-19(12-14-22)16-21(17-28)25(30)29-26-24(27(31)32-4-2)23(18-34-26)20-9-7-6-8-10-20/h6-14,16,18H,3-5,15H2,1-2H3,(H,29,30). The van der Waals surface area contributed by atoms with Crippen LogP contribution in [-0.4, -0.2) is 25.1 Å². The molecule has 0 atom stereocenters. The van der Waals surface area contributed by atoms with Crippen LogP contribution in [0.5, 0.6) is 5.75 Å². The summed E-state index contributed by atoms with van der Waals surface area (Å²) in [5.74, 6) is -0.392. The minimum Gasteiger partial charge on any atom is -0.494 e. The summed E-state index contributed by atoms with van der Waals surface area (Å²) in [7, 11) is 0. The zero-order valence-corrected chi connectivity index (χ0v) is 20.0. The Morgan fingerprint density at radius 2 is 1.82 bits per heavy atom. The maximum Gasteiger partial charge on any atom is 0.341 e. The smallest absolute Gasteiger partial charge is 0.341 e. The molecule has 0 unspecified atom stereocenters. The lowest BCUT2D eigenvalue weighted by atomic mass is 10.0. The van der Waals surface area contributed by atoms with Gasteiger partial charge in [0.25, 0.3) is 5.91 Å². The Labute approximate surface area is 203 Å². The van der Waals surface area contributed by atoms with E-state index in [0.29, 0.717) is 22.7 Å². The van der Waals surface area contributed by atoms with Crippen LogP contribution in [0.1, 0.15) is 42.6 Å². The Balaban J connectivity index is 1.82. The first kappa shape index (κ1) is 24.7. The van der Waals surface area contributed by atoms with E-state index in [1.807, 2.05) is 36.4 Å². The molecule has 6 nitrogen and oxygen atoms in total. The van der Waals surface area contributed by atoms with E-state index in [1.54, 1.807) is 36.6 Å². The number of hydrogen-bond acceptors (Lipinski definition) is 6. The van der Waals surface area contributed by atoms with Gasteiger partial charge in [-0.3, -0.25) is 4.79 Å². The number of anilines is 1. The molecule has 0 aliphatic rings. The first-order valence-corrected chi connectivity index (χ1v) is 11.9. The number of carbonyl (C=O) groups excluding carboxylic acids is 2. The summed E-state index contributed by atoms with van der Waals surface area (Å²) in [5, 5.41) is 14.4. The molecule has 1 amide bonds. The highest BCUT2D eigenvalue weighted by Gasteiger charge is 2.23. The Bertz CT molecular complexity index is 1190. The second kappa shape index (κ2) is 12.4. The van der Waals surface area contributed by atoms with Crippen LogP contribution in [0.2, 0.25) is 0 Å². The number of nitrogens with zero attached hydrogens (tertiary/aromatic N) is 1. The van der Waals surface area contributed by atoms with Gasteiger partial charge in [0, 0.05) is 10.9 Å². The monoisotopic (exact) mass is 474 g/mol. The third-order valence-electron chi connectivity index (χ3n) is 4.91. The Kier molecular flexibility index (Phi) is 9.01. The number of ether oxygens (including phenoxy) is 2. The van der Waals surface area contributed by atoms with Crippen molar-refractivity contribution in [2.75, 3.05) is 18.5 Å². The zero-order valence-electron chi connectivity index (χ0n) is 19.2. The lowest BCUT2D eigenvalue weighted by Gasteiger charge is -2.09. The second-order valence-corrected chi connectivity index (χ2v) is 8.21. The first-order chi connectivity index (χ1) is 16.6. The number of nitrogens with one attached hydrogen (secondary N) is 1. The molecule has 0 bridgehead atoms. The van der Waals surface area contributed by atoms with Gasteiger partial charge in [-0.05, 0) is 42.7 Å². The number of unbranched alkanes of at least 4 members (excludes halogenated alkanes) is 1. The van der Waals surface area contributed by atoms with Crippen LogP contribution in [0.25, 0.3) is 17.2 Å². The largest absolute Gasteiger partial charge is 0.494 e. The number of thiophene rings is 1. The molecule has 3 aromatic rings. The molecule has 0 saturated carbocycles. The van der Waals surface area contributed by atoms with Crippen molar-refractivity contribution < 1.29 is 19.1 Å². The van der Waals surface area contributed by atoms with Crippen molar-refractivity contribution in [1.29, 1.82) is 5.26 Å². The molecular weight excluding hydrogens is 448 g/mol. The second-order valence-electron chi connectivity index (χ2n) is 7.33. The average molecular weight is 475 g/mol. The lowest BCUT2D eigenvalue weighted by molar-refractivity contribution is -0.112. The van der Waals surface area contributed by atoms with E-state index in [9.17, 15) is 14.9 Å². The third kappa shape index (κ3) is 6.33. The van der Waals surface area contributed by atoms with Gasteiger partial charge in [0.1, 0.15) is 28.0 Å². The van der Waals surface area contributed by atoms with Crippen LogP contribution in [0.3, 0.4) is 0 Å². The number of hydrogen-bond donors (Lipinski definition) is 1. The molecular formula is C27H26N2O4S. The van der Waals surface area contributed by atoms with Crippen molar-refractivity contribution in [3.63, 3.8) is 0 Å². The van der Waals surface area contributed by atoms with Gasteiger partial charge in [0.15, 0.2) is 0 Å². The summed E-state index contributed by atoms with van der Waals surface area (Å²) in [4.78, 5) is 25.6. The molecule has 7 heteroatoms. The number of carbonyl (C=O) groups is 2. The van der Waals surface area contributed by atoms with Gasteiger partial charge >= 0.3 is 5.97 Å². The summed E-state index contributed by atoms with van der Waals surface area (Å²) < 4.78 is 10.9. The van der Waals surface area contributed by atoms with Crippen LogP contribution in [0, 0.1) is 11.3 Å². The van der Waals surface area contributed by atoms with Gasteiger partial charge in [0.05, 0.1) is 13.2 Å². The van der Waals surface area contributed by atoms with E-state index in [1.165, 1.54) is 17.4 Å². The van der Waals surface area contributed by atoms with E-state index in [2.05, 4.69) is 12.2 Å². The van der Waals surface area contributed by atoms with Crippen molar-refractivity contribution >= 4 is 34.3 Å². The maximum absolute atomic E-state index is 12.9. The fourth-order valence-electron chi connectivity index (χ4n) is 3.17. The number of nitriles is 1. The van der Waals surface area contributed by atoms with Gasteiger partial charge in [0.2, 0.25) is 0 Å². The maximum atomic E-state index is 12.9. The average Bonchev–Trinajstić information content (AvgIpc) is 3.27. The Hall–Kier alpha value is -3.89. The molecule has 0 saturated heterocycles. The summed E-state index contributed by atoms with van der Waals surface area (Å²) in [5.41, 5.74) is 2.39. The molecule has 0 aliphatic carbocycles. The predicted molar refractivity (Wildman–Crippen MR) is 135 cm³/mol. The SMILES string of the molecule is CCCCOc1ccc(C=C(C#N)C(=O)Nc2scc(-c3ccccc3)c2C(=O)OCC)cc1. The predicted octanol–water partition coefficient (Wildman–Crippen LogP) is 6.32. The molecule has 0 spiro atoms. The Morgan fingerprint density at radius 3 is 2.47 bits per heavy atom. The molecule has 1 aromatic heterocycles. The van der Waals surface area contributed by atoms with Gasteiger partial charge in [-0.1, -0.05) is 55.8 Å². The molecule has 174 valence electrons. The minimum atomic E-state index is -0.599. The number of benzene rings is 2. The summed E-state index contributed by atoms with van der Waals surface area (Å²) in [6, 6.07) is 18.5. The quantitative estimate of drug-likeness (QED) is 0.161. The normalized spacial score (nSPS) is 10.9. The highest BCUT2D eigenvalue weighted by Crippen LogP contribution is 2.36. The van der Waals surface area contributed by atoms with E-state index in [4.69, 9.17) is 9.47 Å². The van der Waals surface area contributed by atoms with Gasteiger partial charge in [-0.15, -0.1) is 11.3 Å². The molecule has 0 aliphatic heterocycles. The van der Waals surface area contributed by atoms with Crippen molar-refractivity contribution in [2.45, 2.75) is 26.7 Å². The summed E-state index contributed by atoms with van der Waals surface area (Å²) in [6.45, 7) is 4.67. The third-order valence-corrected chi connectivity index (χ3v) is 5.80. The molecule has 0 fully saturated rings. The highest BCUT2D eigenvalue weighted by molar-refractivity contribution is 7.15. The van der Waals surface area contributed by atoms with Crippen LogP contribution < -0.4 is 10.1 Å². The van der Waals surface area contributed by atoms with Crippen molar-refractivity contribution in [1.82, 2.24) is 0 Å². The molecule has 0 radical (unpaired) electrons.